The molecule has 0 amide bonds. The molecule has 0 spiro atoms. The fourth-order valence-electron chi connectivity index (χ4n) is 2.00. The number of aromatic nitrogens is 3. The minimum atomic E-state index is 0.338. The van der Waals surface area contributed by atoms with Crippen molar-refractivity contribution in [3.63, 3.8) is 0 Å². The van der Waals surface area contributed by atoms with Crippen LogP contribution in [0.4, 0.5) is 5.82 Å². The first-order chi connectivity index (χ1) is 12.7. The van der Waals surface area contributed by atoms with E-state index >= 15 is 0 Å². The molecule has 0 fully saturated rings. The van der Waals surface area contributed by atoms with Crippen LogP contribution in [0.15, 0.2) is 40.9 Å². The Morgan fingerprint density at radius 3 is 2.85 bits per heavy atom. The fraction of sp³-hybridized carbons (Fsp3) is 0.188. The van der Waals surface area contributed by atoms with Crippen LogP contribution in [0.2, 0.25) is 0 Å². The number of carbonyl (C=O) groups excluding carboxylic acids is 1. The molecular formula is C16H20N8OS. The molecule has 0 bridgehead atoms. The maximum absolute atomic E-state index is 9.75. The van der Waals surface area contributed by atoms with Crippen molar-refractivity contribution in [1.29, 1.82) is 0 Å². The normalized spacial score (nSPS) is 10.8. The number of hydrogen-bond acceptors (Lipinski definition) is 9. The molecule has 3 aromatic heterocycles. The summed E-state index contributed by atoms with van der Waals surface area (Å²) in [5, 5.41) is 9.59. The van der Waals surface area contributed by atoms with Crippen molar-refractivity contribution in [2.24, 2.45) is 16.7 Å². The van der Waals surface area contributed by atoms with Crippen molar-refractivity contribution < 1.29 is 4.79 Å². The molecule has 0 radical (unpaired) electrons. The van der Waals surface area contributed by atoms with Crippen LogP contribution < -0.4 is 22.4 Å². The lowest BCUT2D eigenvalue weighted by atomic mass is 10.3. The highest BCUT2D eigenvalue weighted by molar-refractivity contribution is 7.16. The second-order valence-electron chi connectivity index (χ2n) is 4.94. The van der Waals surface area contributed by atoms with Crippen LogP contribution in [0.1, 0.15) is 12.8 Å². The Morgan fingerprint density at radius 2 is 2.19 bits per heavy atom. The van der Waals surface area contributed by atoms with Crippen molar-refractivity contribution in [3.05, 3.63) is 35.8 Å². The number of anilines is 1. The molecule has 9 nitrogen and oxygen atoms in total. The number of thiophene rings is 1. The summed E-state index contributed by atoms with van der Waals surface area (Å²) < 4.78 is 0. The second kappa shape index (κ2) is 10.0. The Labute approximate surface area is 154 Å². The summed E-state index contributed by atoms with van der Waals surface area (Å²) in [6, 6.07) is 7.75. The molecule has 0 aliphatic carbocycles. The van der Waals surface area contributed by atoms with E-state index in [0.29, 0.717) is 24.5 Å². The van der Waals surface area contributed by atoms with Crippen molar-refractivity contribution in [3.8, 4) is 11.5 Å². The Morgan fingerprint density at radius 1 is 1.35 bits per heavy atom. The number of aldehydes is 1. The number of amidine groups is 1. The summed E-state index contributed by atoms with van der Waals surface area (Å²) in [4.78, 5) is 24.0. The zero-order valence-electron chi connectivity index (χ0n) is 14.2. The first-order valence-corrected chi connectivity index (χ1v) is 8.63. The zero-order valence-corrected chi connectivity index (χ0v) is 15.0. The predicted molar refractivity (Wildman–Crippen MR) is 104 cm³/mol. The molecule has 0 atom stereocenters. The van der Waals surface area contributed by atoms with Gasteiger partial charge in [-0.1, -0.05) is 6.07 Å². The van der Waals surface area contributed by atoms with Gasteiger partial charge in [-0.2, -0.15) is 5.10 Å². The molecule has 0 unspecified atom stereocenters. The minimum Gasteiger partial charge on any atom is -0.386 e. The van der Waals surface area contributed by atoms with E-state index in [1.165, 1.54) is 0 Å². The summed E-state index contributed by atoms with van der Waals surface area (Å²) >= 11 is 1.61. The minimum absolute atomic E-state index is 0.338. The Kier molecular flexibility index (Phi) is 7.40. The van der Waals surface area contributed by atoms with Gasteiger partial charge in [-0.3, -0.25) is 4.98 Å². The van der Waals surface area contributed by atoms with Crippen molar-refractivity contribution in [2.45, 2.75) is 12.8 Å². The van der Waals surface area contributed by atoms with Gasteiger partial charge in [-0.25, -0.2) is 21.3 Å². The van der Waals surface area contributed by atoms with E-state index in [2.05, 4.69) is 25.4 Å². The lowest BCUT2D eigenvalue weighted by Crippen LogP contribution is -2.22. The maximum atomic E-state index is 9.75. The number of pyridine rings is 1. The number of hydrazone groups is 1. The molecule has 0 aliphatic heterocycles. The topological polar surface area (TPSA) is 144 Å². The van der Waals surface area contributed by atoms with E-state index < -0.39 is 0 Å². The van der Waals surface area contributed by atoms with E-state index in [1.807, 2.05) is 42.2 Å². The van der Waals surface area contributed by atoms with E-state index in [9.17, 15) is 4.79 Å². The standard InChI is InChI=1S/C12H10N4S.C4H10N4O/c1-13-10-8-5-7-17-12(8)16-11(15-10)9-4-2-3-6-14-9;5-4(7-8-6)2-1-3-9/h2-7H,1H3,(H,13,15,16);3,8H,1-2,6H2,(H2,5,7). The molecular weight excluding hydrogens is 352 g/mol. The third kappa shape index (κ3) is 5.19. The third-order valence-corrected chi connectivity index (χ3v) is 3.99. The summed E-state index contributed by atoms with van der Waals surface area (Å²) in [6.07, 6.45) is 3.36. The largest absolute Gasteiger partial charge is 0.386 e. The van der Waals surface area contributed by atoms with Crippen molar-refractivity contribution in [2.75, 3.05) is 12.4 Å². The number of hydrogen-bond donors (Lipinski definition) is 4. The van der Waals surface area contributed by atoms with E-state index in [1.54, 1.807) is 17.5 Å². The fourth-order valence-corrected chi connectivity index (χ4v) is 2.77. The SMILES string of the molecule is CNc1nc(-c2ccccn2)nc2sccc12.NN/N=C(\N)CCC=O. The van der Waals surface area contributed by atoms with Gasteiger partial charge in [0.05, 0.1) is 5.39 Å². The maximum Gasteiger partial charge on any atom is 0.181 e. The number of rotatable bonds is 6. The quantitative estimate of drug-likeness (QED) is 0.167. The van der Waals surface area contributed by atoms with Crippen LogP contribution in [0.3, 0.4) is 0 Å². The predicted octanol–water partition coefficient (Wildman–Crippen LogP) is 1.50. The molecule has 3 aromatic rings. The van der Waals surface area contributed by atoms with Crippen LogP contribution in [0.25, 0.3) is 21.7 Å². The van der Waals surface area contributed by atoms with Gasteiger partial charge in [-0.05, 0) is 23.6 Å². The molecule has 0 saturated carbocycles. The third-order valence-electron chi connectivity index (χ3n) is 3.18. The lowest BCUT2D eigenvalue weighted by Gasteiger charge is -2.04. The summed E-state index contributed by atoms with van der Waals surface area (Å²) in [6.45, 7) is 0. The lowest BCUT2D eigenvalue weighted by molar-refractivity contribution is -0.107. The summed E-state index contributed by atoms with van der Waals surface area (Å²) in [5.74, 6) is 6.63. The number of nitrogens with two attached hydrogens (primary N) is 2. The highest BCUT2D eigenvalue weighted by Crippen LogP contribution is 2.27. The van der Waals surface area contributed by atoms with Crippen LogP contribution in [-0.4, -0.2) is 34.1 Å². The van der Waals surface area contributed by atoms with E-state index in [0.717, 1.165) is 28.0 Å². The van der Waals surface area contributed by atoms with E-state index in [-0.39, 0.29) is 0 Å². The molecule has 6 N–H and O–H groups in total. The number of carbonyl (C=O) groups is 1. The van der Waals surface area contributed by atoms with Gasteiger partial charge >= 0.3 is 0 Å². The summed E-state index contributed by atoms with van der Waals surface area (Å²) in [7, 11) is 1.86. The first-order valence-electron chi connectivity index (χ1n) is 7.75. The monoisotopic (exact) mass is 372 g/mol. The highest BCUT2D eigenvalue weighted by atomic mass is 32.1. The molecule has 0 aliphatic rings. The van der Waals surface area contributed by atoms with Crippen LogP contribution >= 0.6 is 11.3 Å². The van der Waals surface area contributed by atoms with Gasteiger partial charge in [0.15, 0.2) is 5.82 Å². The van der Waals surface area contributed by atoms with Crippen LogP contribution in [-0.2, 0) is 4.79 Å². The first kappa shape index (κ1) is 19.2. The number of nitrogens with one attached hydrogen (secondary N) is 2. The van der Waals surface area contributed by atoms with Crippen LogP contribution in [0.5, 0.6) is 0 Å². The van der Waals surface area contributed by atoms with Gasteiger partial charge in [0.1, 0.15) is 28.5 Å². The Hall–Kier alpha value is -3.11. The molecule has 136 valence electrons. The second-order valence-corrected chi connectivity index (χ2v) is 5.83. The van der Waals surface area contributed by atoms with E-state index in [4.69, 9.17) is 11.6 Å². The van der Waals surface area contributed by atoms with Gasteiger partial charge in [0.2, 0.25) is 0 Å². The molecule has 0 aromatic carbocycles. The van der Waals surface area contributed by atoms with Gasteiger partial charge in [0.25, 0.3) is 0 Å². The van der Waals surface area contributed by atoms with Gasteiger partial charge in [0, 0.05) is 26.1 Å². The molecule has 3 heterocycles. The van der Waals surface area contributed by atoms with Crippen LogP contribution in [0, 0.1) is 0 Å². The average Bonchev–Trinajstić information content (AvgIpc) is 3.16. The smallest absolute Gasteiger partial charge is 0.181 e. The highest BCUT2D eigenvalue weighted by Gasteiger charge is 2.09. The van der Waals surface area contributed by atoms with Crippen molar-refractivity contribution in [1.82, 2.24) is 20.5 Å². The Bertz CT molecular complexity index is 865. The molecule has 0 saturated heterocycles. The average molecular weight is 372 g/mol. The summed E-state index contributed by atoms with van der Waals surface area (Å²) in [5.41, 5.74) is 8.03. The number of fused-ring (bicyclic) bond motifs is 1. The zero-order chi connectivity index (χ0) is 18.8. The van der Waals surface area contributed by atoms with Gasteiger partial charge < -0.3 is 15.8 Å². The Balaban J connectivity index is 0.000000232. The molecule has 3 rings (SSSR count). The molecule has 26 heavy (non-hydrogen) atoms. The number of hydrazine groups is 1. The van der Waals surface area contributed by atoms with Gasteiger partial charge in [-0.15, -0.1) is 11.3 Å². The molecule has 10 heteroatoms. The number of nitrogens with zero attached hydrogens (tertiary/aromatic N) is 4. The van der Waals surface area contributed by atoms with Crippen molar-refractivity contribution >= 4 is 39.5 Å².